The Morgan fingerprint density at radius 3 is 2.45 bits per heavy atom. The van der Waals surface area contributed by atoms with Crippen molar-refractivity contribution in [1.82, 2.24) is 15.3 Å². The van der Waals surface area contributed by atoms with Gasteiger partial charge in [0.05, 0.1) is 41.0 Å². The molecule has 0 spiro atoms. The molecule has 0 aliphatic rings. The number of nitrogens with two attached hydrogens (primary N) is 2. The zero-order valence-electron chi connectivity index (χ0n) is 20.9. The summed E-state index contributed by atoms with van der Waals surface area (Å²) in [6, 6.07) is 9.97. The molecule has 6 N–H and O–H groups in total. The molecule has 0 aliphatic carbocycles. The van der Waals surface area contributed by atoms with Gasteiger partial charge in [0.2, 0.25) is 11.5 Å². The summed E-state index contributed by atoms with van der Waals surface area (Å²) in [5.74, 6) is -2.47. The number of nitrogen functional groups attached to an aromatic ring is 1. The first-order valence-corrected chi connectivity index (χ1v) is 12.6. The van der Waals surface area contributed by atoms with Crippen LogP contribution in [0.5, 0.6) is 5.75 Å². The molecule has 4 aromatic rings. The summed E-state index contributed by atoms with van der Waals surface area (Å²) >= 11 is 0.981. The van der Waals surface area contributed by atoms with Crippen LogP contribution in [0.2, 0.25) is 0 Å². The van der Waals surface area contributed by atoms with E-state index < -0.39 is 48.1 Å². The van der Waals surface area contributed by atoms with Gasteiger partial charge in [0, 0.05) is 11.1 Å². The van der Waals surface area contributed by atoms with Crippen molar-refractivity contribution in [3.63, 3.8) is 0 Å². The Labute approximate surface area is 228 Å². The number of pyridine rings is 1. The summed E-state index contributed by atoms with van der Waals surface area (Å²) in [5, 5.41) is 13.4. The molecule has 2 aromatic heterocycles. The van der Waals surface area contributed by atoms with Crippen LogP contribution in [-0.4, -0.2) is 46.2 Å². The second kappa shape index (κ2) is 11.1. The van der Waals surface area contributed by atoms with Gasteiger partial charge in [-0.05, 0) is 49.4 Å². The van der Waals surface area contributed by atoms with Crippen LogP contribution in [-0.2, 0) is 16.8 Å². The van der Waals surface area contributed by atoms with Gasteiger partial charge in [-0.1, -0.05) is 17.4 Å². The van der Waals surface area contributed by atoms with E-state index in [1.165, 1.54) is 24.3 Å². The van der Waals surface area contributed by atoms with E-state index in [4.69, 9.17) is 16.2 Å². The third-order valence-electron chi connectivity index (χ3n) is 5.89. The lowest BCUT2D eigenvalue weighted by Gasteiger charge is -2.31. The number of carbonyl (C=O) groups is 2. The van der Waals surface area contributed by atoms with E-state index in [0.717, 1.165) is 29.5 Å². The molecular weight excluding hydrogens is 554 g/mol. The number of halogens is 4. The van der Waals surface area contributed by atoms with E-state index in [-0.39, 0.29) is 39.9 Å². The zero-order valence-corrected chi connectivity index (χ0v) is 21.7. The van der Waals surface area contributed by atoms with Gasteiger partial charge in [0.25, 0.3) is 5.91 Å². The monoisotopic (exact) mass is 577 g/mol. The number of amides is 2. The summed E-state index contributed by atoms with van der Waals surface area (Å²) in [7, 11) is 0. The van der Waals surface area contributed by atoms with Crippen molar-refractivity contribution < 1.29 is 37.0 Å². The molecule has 0 aliphatic heterocycles. The Kier molecular flexibility index (Phi) is 7.93. The highest BCUT2D eigenvalue weighted by Gasteiger charge is 2.56. The van der Waals surface area contributed by atoms with Gasteiger partial charge in [-0.2, -0.15) is 13.2 Å². The molecular formula is C26H23F4N5O4S. The number of rotatable bonds is 9. The van der Waals surface area contributed by atoms with Gasteiger partial charge >= 0.3 is 6.18 Å². The molecule has 1 atom stereocenters. The molecule has 0 saturated heterocycles. The van der Waals surface area contributed by atoms with Crippen LogP contribution in [0.1, 0.15) is 28.5 Å². The third kappa shape index (κ3) is 5.67. The van der Waals surface area contributed by atoms with Crippen molar-refractivity contribution in [3.8, 4) is 17.0 Å². The highest BCUT2D eigenvalue weighted by Crippen LogP contribution is 2.42. The number of hydrogen-bond acceptors (Lipinski definition) is 8. The normalized spacial score (nSPS) is 13.2. The maximum absolute atomic E-state index is 14.5. The van der Waals surface area contributed by atoms with Crippen LogP contribution in [0.25, 0.3) is 21.5 Å². The van der Waals surface area contributed by atoms with E-state index in [1.807, 2.05) is 0 Å². The van der Waals surface area contributed by atoms with Crippen LogP contribution < -0.4 is 21.5 Å². The van der Waals surface area contributed by atoms with Crippen LogP contribution in [0.3, 0.4) is 0 Å². The topological polar surface area (TPSA) is 153 Å². The molecule has 14 heteroatoms. The predicted molar refractivity (Wildman–Crippen MR) is 140 cm³/mol. The Balaban J connectivity index is 1.82. The molecule has 0 radical (unpaired) electrons. The number of nitrogens with one attached hydrogen (secondary N) is 1. The lowest BCUT2D eigenvalue weighted by atomic mass is 9.93. The lowest BCUT2D eigenvalue weighted by Crippen LogP contribution is -2.51. The zero-order chi connectivity index (χ0) is 29.2. The SMILES string of the molecule is CCOc1c(CC(N)=O)cc([C@@](O)(CNC(=O)c2cccc3nc(N)sc23)C(F)(F)F)nc1-c1ccc(F)cc1. The van der Waals surface area contributed by atoms with Crippen molar-refractivity contribution >= 4 is 38.5 Å². The number of alkyl halides is 3. The van der Waals surface area contributed by atoms with E-state index in [2.05, 4.69) is 15.3 Å². The van der Waals surface area contributed by atoms with Gasteiger partial charge in [0.1, 0.15) is 17.3 Å². The van der Waals surface area contributed by atoms with Crippen LogP contribution >= 0.6 is 11.3 Å². The number of fused-ring (bicyclic) bond motifs is 1. The first-order chi connectivity index (χ1) is 18.8. The molecule has 4 rings (SSSR count). The highest BCUT2D eigenvalue weighted by atomic mass is 32.1. The standard InChI is InChI=1S/C26H23F4N5O4S/c1-2-39-21-14(11-19(31)36)10-18(35-20(21)13-6-8-15(27)9-7-13)25(38,26(28,29)30)12-33-23(37)16-4-3-5-17-22(16)40-24(32)34-17/h3-10,38H,2,11-12H2,1H3,(H2,31,36)(H2,32,34)(H,33,37)/t25-/m0/s1. The minimum atomic E-state index is -5.34. The Bertz CT molecular complexity index is 1580. The fourth-order valence-electron chi connectivity index (χ4n) is 4.01. The Morgan fingerprint density at radius 1 is 1.12 bits per heavy atom. The first kappa shape index (κ1) is 28.7. The van der Waals surface area contributed by atoms with E-state index in [1.54, 1.807) is 13.0 Å². The molecule has 0 fully saturated rings. The molecule has 40 heavy (non-hydrogen) atoms. The number of carbonyl (C=O) groups excluding carboxylic acids is 2. The van der Waals surface area contributed by atoms with E-state index in [9.17, 15) is 32.3 Å². The number of thiazole rings is 1. The van der Waals surface area contributed by atoms with Crippen LogP contribution in [0.15, 0.2) is 48.5 Å². The number of nitrogens with zero attached hydrogens (tertiary/aromatic N) is 2. The predicted octanol–water partition coefficient (Wildman–Crippen LogP) is 3.69. The number of ether oxygens (including phenoxy) is 1. The molecule has 2 amide bonds. The summed E-state index contributed by atoms with van der Waals surface area (Å²) in [6.45, 7) is 0.323. The van der Waals surface area contributed by atoms with Gasteiger partial charge in [-0.25, -0.2) is 14.4 Å². The second-order valence-corrected chi connectivity index (χ2v) is 9.70. The van der Waals surface area contributed by atoms with E-state index in [0.29, 0.717) is 10.2 Å². The molecule has 0 bridgehead atoms. The number of aliphatic hydroxyl groups is 1. The fraction of sp³-hybridized carbons (Fsp3) is 0.231. The number of hydrogen-bond donors (Lipinski definition) is 4. The van der Waals surface area contributed by atoms with Crippen molar-refractivity contribution in [2.45, 2.75) is 25.1 Å². The minimum Gasteiger partial charge on any atom is -0.491 e. The highest BCUT2D eigenvalue weighted by molar-refractivity contribution is 7.22. The van der Waals surface area contributed by atoms with Gasteiger partial charge in [-0.3, -0.25) is 9.59 Å². The Morgan fingerprint density at radius 2 is 1.82 bits per heavy atom. The summed E-state index contributed by atoms with van der Waals surface area (Å²) < 4.78 is 63.0. The van der Waals surface area contributed by atoms with Crippen LogP contribution in [0.4, 0.5) is 22.7 Å². The van der Waals surface area contributed by atoms with E-state index >= 15 is 0 Å². The Hall–Kier alpha value is -4.30. The third-order valence-corrected chi connectivity index (χ3v) is 6.83. The quantitative estimate of drug-likeness (QED) is 0.221. The minimum absolute atomic E-state index is 0.0114. The average molecular weight is 578 g/mol. The van der Waals surface area contributed by atoms with Gasteiger partial charge in [0.15, 0.2) is 5.13 Å². The molecule has 2 aromatic carbocycles. The molecule has 210 valence electrons. The van der Waals surface area contributed by atoms with Crippen LogP contribution in [0, 0.1) is 5.82 Å². The maximum Gasteiger partial charge on any atom is 0.424 e. The average Bonchev–Trinajstić information content (AvgIpc) is 3.27. The summed E-state index contributed by atoms with van der Waals surface area (Å²) in [5.41, 5.74) is 6.67. The molecule has 9 nitrogen and oxygen atoms in total. The number of anilines is 1. The molecule has 0 saturated carbocycles. The van der Waals surface area contributed by atoms with Crippen molar-refractivity contribution in [2.24, 2.45) is 5.73 Å². The second-order valence-electron chi connectivity index (χ2n) is 8.67. The number of primary amides is 1. The maximum atomic E-state index is 14.5. The number of benzene rings is 2. The number of aromatic nitrogens is 2. The van der Waals surface area contributed by atoms with Gasteiger partial charge < -0.3 is 26.6 Å². The smallest absolute Gasteiger partial charge is 0.424 e. The lowest BCUT2D eigenvalue weighted by molar-refractivity contribution is -0.265. The van der Waals surface area contributed by atoms with Gasteiger partial charge in [-0.15, -0.1) is 0 Å². The molecule has 0 unspecified atom stereocenters. The van der Waals surface area contributed by atoms with Crippen molar-refractivity contribution in [2.75, 3.05) is 18.9 Å². The summed E-state index contributed by atoms with van der Waals surface area (Å²) in [4.78, 5) is 32.9. The molecule has 2 heterocycles. The van der Waals surface area contributed by atoms with Crippen molar-refractivity contribution in [3.05, 3.63) is 71.2 Å². The van der Waals surface area contributed by atoms with Crippen molar-refractivity contribution in [1.29, 1.82) is 0 Å². The first-order valence-electron chi connectivity index (χ1n) is 11.8. The summed E-state index contributed by atoms with van der Waals surface area (Å²) in [6.07, 6.45) is -5.89. The fourth-order valence-corrected chi connectivity index (χ4v) is 4.85. The largest absolute Gasteiger partial charge is 0.491 e.